The summed E-state index contributed by atoms with van der Waals surface area (Å²) in [6.45, 7) is 5.19. The first-order valence-electron chi connectivity index (χ1n) is 13.4. The molecule has 7 nitrogen and oxygen atoms in total. The van der Waals surface area contributed by atoms with Crippen LogP contribution in [0.25, 0.3) is 0 Å². The molecule has 0 spiro atoms. The number of ether oxygens (including phenoxy) is 2. The smallest absolute Gasteiger partial charge is 0.416 e. The number of carboxylic acids is 1. The Morgan fingerprint density at radius 1 is 0.923 bits per heavy atom. The van der Waals surface area contributed by atoms with Crippen LogP contribution in [0.3, 0.4) is 0 Å². The van der Waals surface area contributed by atoms with Crippen molar-refractivity contribution in [3.63, 3.8) is 0 Å². The standard InChI is InChI=1S/C29H39F3N2O5/c1-3-5-6-7-8-9-18-34(28(37)33-24-14-12-23(13-15-24)29(30,31)32)19-20-39-25-16-10-22(11-17-25)21-26(27(35)36)38-4-2/h10-17,26H,3-9,18-21H2,1-2H3,(H,33,37)(H,35,36). The summed E-state index contributed by atoms with van der Waals surface area (Å²) in [4.78, 5) is 25.8. The molecule has 39 heavy (non-hydrogen) atoms. The van der Waals surface area contributed by atoms with Crippen molar-refractivity contribution in [1.29, 1.82) is 0 Å². The molecule has 2 rings (SSSR count). The molecule has 0 saturated heterocycles. The molecule has 216 valence electrons. The molecule has 2 aromatic carbocycles. The Morgan fingerprint density at radius 3 is 2.15 bits per heavy atom. The van der Waals surface area contributed by atoms with Gasteiger partial charge in [0.05, 0.1) is 12.1 Å². The number of halogens is 3. The van der Waals surface area contributed by atoms with Gasteiger partial charge in [0.1, 0.15) is 12.4 Å². The van der Waals surface area contributed by atoms with Crippen molar-refractivity contribution >= 4 is 17.7 Å². The lowest BCUT2D eigenvalue weighted by Gasteiger charge is -2.23. The monoisotopic (exact) mass is 552 g/mol. The maximum Gasteiger partial charge on any atom is 0.416 e. The van der Waals surface area contributed by atoms with E-state index in [1.165, 1.54) is 18.6 Å². The second-order valence-electron chi connectivity index (χ2n) is 9.24. The lowest BCUT2D eigenvalue weighted by Crippen LogP contribution is -2.38. The number of rotatable bonds is 17. The number of carbonyl (C=O) groups excluding carboxylic acids is 1. The second-order valence-corrected chi connectivity index (χ2v) is 9.24. The summed E-state index contributed by atoms with van der Waals surface area (Å²) in [5.41, 5.74) is 0.299. The highest BCUT2D eigenvalue weighted by Gasteiger charge is 2.30. The first-order valence-corrected chi connectivity index (χ1v) is 13.4. The molecule has 0 heterocycles. The number of hydrogen-bond acceptors (Lipinski definition) is 4. The van der Waals surface area contributed by atoms with Crippen LogP contribution in [0, 0.1) is 0 Å². The van der Waals surface area contributed by atoms with Gasteiger partial charge in [-0.05, 0) is 55.3 Å². The third-order valence-corrected chi connectivity index (χ3v) is 6.15. The van der Waals surface area contributed by atoms with E-state index in [9.17, 15) is 27.9 Å². The predicted molar refractivity (Wildman–Crippen MR) is 144 cm³/mol. The maximum absolute atomic E-state index is 12.9. The average molecular weight is 553 g/mol. The van der Waals surface area contributed by atoms with Gasteiger partial charge in [-0.15, -0.1) is 0 Å². The molecule has 0 saturated carbocycles. The number of carbonyl (C=O) groups is 2. The Bertz CT molecular complexity index is 997. The molecule has 0 aliphatic rings. The van der Waals surface area contributed by atoms with Crippen LogP contribution in [-0.2, 0) is 22.1 Å². The van der Waals surface area contributed by atoms with Gasteiger partial charge in [0.25, 0.3) is 0 Å². The zero-order valence-corrected chi connectivity index (χ0v) is 22.6. The third-order valence-electron chi connectivity index (χ3n) is 6.15. The lowest BCUT2D eigenvalue weighted by atomic mass is 10.1. The summed E-state index contributed by atoms with van der Waals surface area (Å²) in [5, 5.41) is 11.9. The molecule has 0 bridgehead atoms. The number of aliphatic carboxylic acids is 1. The highest BCUT2D eigenvalue weighted by Crippen LogP contribution is 2.29. The molecule has 0 fully saturated rings. The van der Waals surface area contributed by atoms with Crippen LogP contribution in [0.4, 0.5) is 23.7 Å². The number of nitrogens with one attached hydrogen (secondary N) is 1. The van der Waals surface area contributed by atoms with E-state index < -0.39 is 29.8 Å². The van der Waals surface area contributed by atoms with Gasteiger partial charge in [-0.3, -0.25) is 0 Å². The minimum absolute atomic E-state index is 0.215. The Kier molecular flexibility index (Phi) is 13.6. The normalized spacial score (nSPS) is 12.1. The van der Waals surface area contributed by atoms with E-state index in [-0.39, 0.29) is 25.3 Å². The Balaban J connectivity index is 1.94. The van der Waals surface area contributed by atoms with E-state index in [0.29, 0.717) is 18.9 Å². The van der Waals surface area contributed by atoms with E-state index in [1.807, 2.05) is 0 Å². The van der Waals surface area contributed by atoms with Crippen molar-refractivity contribution in [1.82, 2.24) is 4.90 Å². The van der Waals surface area contributed by atoms with Crippen LogP contribution in [-0.4, -0.2) is 54.4 Å². The summed E-state index contributed by atoms with van der Waals surface area (Å²) in [6, 6.07) is 11.0. The van der Waals surface area contributed by atoms with Crippen molar-refractivity contribution < 1.29 is 37.3 Å². The van der Waals surface area contributed by atoms with Crippen LogP contribution in [0.1, 0.15) is 63.5 Å². The van der Waals surface area contributed by atoms with E-state index in [1.54, 1.807) is 36.1 Å². The highest BCUT2D eigenvalue weighted by molar-refractivity contribution is 5.89. The first kappa shape index (κ1) is 31.9. The molecule has 10 heteroatoms. The van der Waals surface area contributed by atoms with Crippen LogP contribution in [0.15, 0.2) is 48.5 Å². The van der Waals surface area contributed by atoms with Crippen LogP contribution in [0.5, 0.6) is 5.75 Å². The van der Waals surface area contributed by atoms with E-state index in [4.69, 9.17) is 9.47 Å². The van der Waals surface area contributed by atoms with Gasteiger partial charge in [0.2, 0.25) is 0 Å². The van der Waals surface area contributed by atoms with Crippen molar-refractivity contribution in [2.24, 2.45) is 0 Å². The van der Waals surface area contributed by atoms with E-state index in [2.05, 4.69) is 12.2 Å². The highest BCUT2D eigenvalue weighted by atomic mass is 19.4. The number of unbranched alkanes of at least 4 members (excludes halogenated alkanes) is 5. The molecule has 0 aliphatic heterocycles. The summed E-state index contributed by atoms with van der Waals surface area (Å²) in [6.07, 6.45) is 1.21. The molecular formula is C29H39F3N2O5. The third kappa shape index (κ3) is 12.0. The number of nitrogens with zero attached hydrogens (tertiary/aromatic N) is 1. The second kappa shape index (κ2) is 16.6. The zero-order valence-electron chi connectivity index (χ0n) is 22.6. The molecular weight excluding hydrogens is 513 g/mol. The quantitative estimate of drug-likeness (QED) is 0.206. The van der Waals surface area contributed by atoms with Crippen LogP contribution in [0.2, 0.25) is 0 Å². The molecule has 2 N–H and O–H groups in total. The Morgan fingerprint density at radius 2 is 1.56 bits per heavy atom. The molecule has 0 aromatic heterocycles. The lowest BCUT2D eigenvalue weighted by molar-refractivity contribution is -0.150. The number of alkyl halides is 3. The van der Waals surface area contributed by atoms with Gasteiger partial charge >= 0.3 is 18.2 Å². The molecule has 0 aliphatic carbocycles. The number of benzene rings is 2. The largest absolute Gasteiger partial charge is 0.492 e. The number of anilines is 1. The van der Waals surface area contributed by atoms with Gasteiger partial charge in [-0.1, -0.05) is 51.2 Å². The van der Waals surface area contributed by atoms with Gasteiger partial charge in [-0.2, -0.15) is 13.2 Å². The molecule has 1 unspecified atom stereocenters. The van der Waals surface area contributed by atoms with Crippen molar-refractivity contribution in [3.8, 4) is 5.75 Å². The fraction of sp³-hybridized carbons (Fsp3) is 0.517. The number of urea groups is 1. The zero-order chi connectivity index (χ0) is 28.7. The minimum Gasteiger partial charge on any atom is -0.492 e. The number of carboxylic acid groups (broad SMARTS) is 1. The van der Waals surface area contributed by atoms with Gasteiger partial charge < -0.3 is 24.8 Å². The molecule has 2 amide bonds. The number of amides is 2. The minimum atomic E-state index is -4.44. The Labute approximate surface area is 228 Å². The number of hydrogen-bond donors (Lipinski definition) is 2. The van der Waals surface area contributed by atoms with Gasteiger partial charge in [0, 0.05) is 25.3 Å². The van der Waals surface area contributed by atoms with E-state index >= 15 is 0 Å². The van der Waals surface area contributed by atoms with E-state index in [0.717, 1.165) is 49.8 Å². The molecule has 1 atom stereocenters. The first-order chi connectivity index (χ1) is 18.6. The molecule has 2 aromatic rings. The summed E-state index contributed by atoms with van der Waals surface area (Å²) >= 11 is 0. The fourth-order valence-electron chi connectivity index (χ4n) is 3.97. The summed E-state index contributed by atoms with van der Waals surface area (Å²) in [7, 11) is 0. The van der Waals surface area contributed by atoms with Crippen molar-refractivity contribution in [2.45, 2.75) is 71.1 Å². The fourth-order valence-corrected chi connectivity index (χ4v) is 3.97. The maximum atomic E-state index is 12.9. The topological polar surface area (TPSA) is 88.1 Å². The summed E-state index contributed by atoms with van der Waals surface area (Å²) in [5.74, 6) is -0.443. The van der Waals surface area contributed by atoms with Crippen LogP contribution < -0.4 is 10.1 Å². The van der Waals surface area contributed by atoms with Crippen molar-refractivity contribution in [3.05, 3.63) is 59.7 Å². The van der Waals surface area contributed by atoms with Gasteiger partial charge in [-0.25, -0.2) is 9.59 Å². The van der Waals surface area contributed by atoms with Crippen molar-refractivity contribution in [2.75, 3.05) is 31.6 Å². The Hall–Kier alpha value is -3.27. The summed E-state index contributed by atoms with van der Waals surface area (Å²) < 4.78 is 49.6. The SMILES string of the molecule is CCCCCCCCN(CCOc1ccc(CC(OCC)C(=O)O)cc1)C(=O)Nc1ccc(C(F)(F)F)cc1. The molecule has 0 radical (unpaired) electrons. The predicted octanol–water partition coefficient (Wildman–Crippen LogP) is 7.01. The van der Waals surface area contributed by atoms with Gasteiger partial charge in [0.15, 0.2) is 6.10 Å². The van der Waals surface area contributed by atoms with Crippen LogP contribution >= 0.6 is 0 Å². The average Bonchev–Trinajstić information content (AvgIpc) is 2.90.